The Hall–Kier alpha value is -4.01. The van der Waals surface area contributed by atoms with E-state index in [9.17, 15) is 14.4 Å². The minimum absolute atomic E-state index is 0.0663. The molecule has 0 spiro atoms. The smallest absolute Gasteiger partial charge is 0.295 e. The molecule has 1 aromatic carbocycles. The standard InChI is InChI=1S/C23H26N6O3/c1-15-9-10-19(17(3)26-15)13-24-21(31)14-29-16(2)12-25-22(23(29)32)28-27-20(30)11-18-7-5-4-6-8-18/h4-10,12H,11,13-14H2,1-3H3,(H,24,31)(H,25,28)(H,27,30). The molecule has 0 radical (unpaired) electrons. The Morgan fingerprint density at radius 3 is 2.47 bits per heavy atom. The van der Waals surface area contributed by atoms with Crippen LogP contribution in [0.5, 0.6) is 0 Å². The van der Waals surface area contributed by atoms with Gasteiger partial charge in [0.05, 0.1) is 6.42 Å². The van der Waals surface area contributed by atoms with Crippen LogP contribution in [0.25, 0.3) is 0 Å². The highest BCUT2D eigenvalue weighted by Crippen LogP contribution is 2.06. The molecule has 2 aromatic heterocycles. The molecule has 0 atom stereocenters. The number of aromatic nitrogens is 3. The summed E-state index contributed by atoms with van der Waals surface area (Å²) >= 11 is 0. The molecule has 3 rings (SSSR count). The van der Waals surface area contributed by atoms with Gasteiger partial charge < -0.3 is 5.32 Å². The van der Waals surface area contributed by atoms with Crippen molar-refractivity contribution in [2.75, 3.05) is 5.43 Å². The molecular formula is C23H26N6O3. The Morgan fingerprint density at radius 1 is 1.00 bits per heavy atom. The van der Waals surface area contributed by atoms with E-state index in [4.69, 9.17) is 0 Å². The largest absolute Gasteiger partial charge is 0.350 e. The van der Waals surface area contributed by atoms with Crippen LogP contribution in [0.15, 0.2) is 53.5 Å². The number of rotatable bonds is 8. The lowest BCUT2D eigenvalue weighted by Crippen LogP contribution is -2.38. The molecule has 0 aliphatic heterocycles. The second kappa shape index (κ2) is 10.3. The lowest BCUT2D eigenvalue weighted by Gasteiger charge is -2.13. The van der Waals surface area contributed by atoms with Crippen molar-refractivity contribution < 1.29 is 9.59 Å². The van der Waals surface area contributed by atoms with E-state index in [0.29, 0.717) is 12.2 Å². The quantitative estimate of drug-likeness (QED) is 0.463. The first-order valence-electron chi connectivity index (χ1n) is 10.2. The fraction of sp³-hybridized carbons (Fsp3) is 0.261. The molecule has 3 N–H and O–H groups in total. The van der Waals surface area contributed by atoms with Crippen molar-refractivity contribution in [3.63, 3.8) is 0 Å². The van der Waals surface area contributed by atoms with Gasteiger partial charge in [-0.3, -0.25) is 34.8 Å². The van der Waals surface area contributed by atoms with E-state index in [2.05, 4.69) is 26.1 Å². The average Bonchev–Trinajstić information content (AvgIpc) is 2.76. The maximum absolute atomic E-state index is 12.8. The number of pyridine rings is 1. The van der Waals surface area contributed by atoms with Gasteiger partial charge in [0.1, 0.15) is 6.54 Å². The maximum Gasteiger partial charge on any atom is 0.295 e. The number of carbonyl (C=O) groups excluding carboxylic acids is 2. The molecule has 0 unspecified atom stereocenters. The van der Waals surface area contributed by atoms with Crippen LogP contribution in [0.4, 0.5) is 5.82 Å². The summed E-state index contributed by atoms with van der Waals surface area (Å²) < 4.78 is 1.30. The first kappa shape index (κ1) is 22.7. The summed E-state index contributed by atoms with van der Waals surface area (Å²) in [6.45, 7) is 5.63. The molecule has 0 aliphatic rings. The van der Waals surface area contributed by atoms with Crippen molar-refractivity contribution in [1.82, 2.24) is 25.3 Å². The lowest BCUT2D eigenvalue weighted by atomic mass is 10.1. The van der Waals surface area contributed by atoms with Crippen LogP contribution in [-0.2, 0) is 29.1 Å². The van der Waals surface area contributed by atoms with Crippen LogP contribution >= 0.6 is 0 Å². The molecule has 0 saturated heterocycles. The Balaban J connectivity index is 1.60. The number of carbonyl (C=O) groups is 2. The summed E-state index contributed by atoms with van der Waals surface area (Å²) in [6, 6.07) is 13.0. The van der Waals surface area contributed by atoms with Crippen molar-refractivity contribution >= 4 is 17.6 Å². The molecule has 3 aromatic rings. The summed E-state index contributed by atoms with van der Waals surface area (Å²) in [6.07, 6.45) is 1.62. The van der Waals surface area contributed by atoms with Crippen molar-refractivity contribution in [1.29, 1.82) is 0 Å². The highest BCUT2D eigenvalue weighted by Gasteiger charge is 2.13. The molecule has 2 amide bonds. The van der Waals surface area contributed by atoms with Crippen molar-refractivity contribution in [2.45, 2.75) is 40.3 Å². The summed E-state index contributed by atoms with van der Waals surface area (Å²) in [4.78, 5) is 45.7. The van der Waals surface area contributed by atoms with Gasteiger partial charge in [0, 0.05) is 29.8 Å². The Bertz CT molecular complexity index is 1170. The van der Waals surface area contributed by atoms with Crippen LogP contribution in [0.2, 0.25) is 0 Å². The number of anilines is 1. The van der Waals surface area contributed by atoms with Crippen molar-refractivity contribution in [2.24, 2.45) is 0 Å². The van der Waals surface area contributed by atoms with E-state index < -0.39 is 5.56 Å². The third-order valence-electron chi connectivity index (χ3n) is 4.89. The van der Waals surface area contributed by atoms with Gasteiger partial charge in [0.25, 0.3) is 5.56 Å². The molecule has 2 heterocycles. The number of nitrogens with one attached hydrogen (secondary N) is 3. The van der Waals surface area contributed by atoms with Crippen LogP contribution in [-0.4, -0.2) is 26.3 Å². The molecule has 0 saturated carbocycles. The van der Waals surface area contributed by atoms with Crippen molar-refractivity contribution in [3.8, 4) is 0 Å². The zero-order chi connectivity index (χ0) is 23.1. The van der Waals surface area contributed by atoms with Gasteiger partial charge in [0.15, 0.2) is 0 Å². The number of hydrazine groups is 1. The zero-order valence-electron chi connectivity index (χ0n) is 18.3. The van der Waals surface area contributed by atoms with E-state index in [1.807, 2.05) is 56.3 Å². The second-order valence-electron chi connectivity index (χ2n) is 7.45. The highest BCUT2D eigenvalue weighted by molar-refractivity contribution is 5.79. The fourth-order valence-electron chi connectivity index (χ4n) is 3.10. The van der Waals surface area contributed by atoms with Crippen LogP contribution in [0.3, 0.4) is 0 Å². The summed E-state index contributed by atoms with van der Waals surface area (Å²) in [5, 5.41) is 2.81. The number of nitrogens with zero attached hydrogens (tertiary/aromatic N) is 3. The maximum atomic E-state index is 12.8. The number of hydrogen-bond donors (Lipinski definition) is 3. The van der Waals surface area contributed by atoms with Gasteiger partial charge in [-0.2, -0.15) is 0 Å². The molecule has 166 valence electrons. The predicted octanol–water partition coefficient (Wildman–Crippen LogP) is 1.57. The number of benzene rings is 1. The van der Waals surface area contributed by atoms with Crippen molar-refractivity contribution in [3.05, 3.63) is 87.2 Å². The minimum Gasteiger partial charge on any atom is -0.350 e. The molecule has 0 aliphatic carbocycles. The van der Waals surface area contributed by atoms with Gasteiger partial charge in [-0.25, -0.2) is 4.98 Å². The predicted molar refractivity (Wildman–Crippen MR) is 121 cm³/mol. The van der Waals surface area contributed by atoms with E-state index in [-0.39, 0.29) is 30.6 Å². The first-order valence-corrected chi connectivity index (χ1v) is 10.2. The minimum atomic E-state index is -0.506. The zero-order valence-corrected chi connectivity index (χ0v) is 18.3. The summed E-state index contributed by atoms with van der Waals surface area (Å²) in [5.74, 6) is -0.701. The van der Waals surface area contributed by atoms with Gasteiger partial charge >= 0.3 is 0 Å². The van der Waals surface area contributed by atoms with Gasteiger partial charge in [-0.1, -0.05) is 36.4 Å². The molecule has 9 heteroatoms. The third-order valence-corrected chi connectivity index (χ3v) is 4.89. The molecular weight excluding hydrogens is 408 g/mol. The molecule has 0 bridgehead atoms. The highest BCUT2D eigenvalue weighted by atomic mass is 16.2. The number of hydrogen-bond acceptors (Lipinski definition) is 6. The molecule has 0 fully saturated rings. The number of aryl methyl sites for hydroxylation is 3. The summed E-state index contributed by atoms with van der Waals surface area (Å²) in [7, 11) is 0. The Kier molecular flexibility index (Phi) is 7.33. The van der Waals surface area contributed by atoms with Crippen LogP contribution < -0.4 is 21.7 Å². The van der Waals surface area contributed by atoms with Gasteiger partial charge in [-0.05, 0) is 38.0 Å². The monoisotopic (exact) mass is 434 g/mol. The van der Waals surface area contributed by atoms with Crippen LogP contribution in [0, 0.1) is 20.8 Å². The number of amides is 2. The Labute approximate surface area is 185 Å². The Morgan fingerprint density at radius 2 is 1.75 bits per heavy atom. The van der Waals surface area contributed by atoms with Crippen LogP contribution in [0.1, 0.15) is 28.2 Å². The lowest BCUT2D eigenvalue weighted by molar-refractivity contribution is -0.122. The second-order valence-corrected chi connectivity index (χ2v) is 7.45. The molecule has 9 nitrogen and oxygen atoms in total. The van der Waals surface area contributed by atoms with E-state index in [1.54, 1.807) is 6.92 Å². The average molecular weight is 435 g/mol. The topological polar surface area (TPSA) is 118 Å². The fourth-order valence-corrected chi connectivity index (χ4v) is 3.10. The van der Waals surface area contributed by atoms with E-state index >= 15 is 0 Å². The van der Waals surface area contributed by atoms with Gasteiger partial charge in [-0.15, -0.1) is 0 Å². The SMILES string of the molecule is Cc1ccc(CNC(=O)Cn2c(C)cnc(NNC(=O)Cc3ccccc3)c2=O)c(C)n1. The first-order chi connectivity index (χ1) is 15.3. The third kappa shape index (κ3) is 6.00. The normalized spacial score (nSPS) is 10.5. The van der Waals surface area contributed by atoms with Gasteiger partial charge in [0.2, 0.25) is 17.6 Å². The molecule has 32 heavy (non-hydrogen) atoms. The van der Waals surface area contributed by atoms with E-state index in [1.165, 1.54) is 10.8 Å². The van der Waals surface area contributed by atoms with E-state index in [0.717, 1.165) is 22.5 Å². The summed E-state index contributed by atoms with van der Waals surface area (Å²) in [5.41, 5.74) is 8.56.